The second-order valence-electron chi connectivity index (χ2n) is 6.93. The summed E-state index contributed by atoms with van der Waals surface area (Å²) in [5.74, 6) is -0.161. The SMILES string of the molecule is CC1=CC(=O)[C@](C)(O)C23CCC(C)(CC2)O[C@]13C. The van der Waals surface area contributed by atoms with Gasteiger partial charge in [-0.1, -0.05) is 0 Å². The van der Waals surface area contributed by atoms with Gasteiger partial charge in [0.05, 0.1) is 11.2 Å². The minimum Gasteiger partial charge on any atom is -0.381 e. The van der Waals surface area contributed by atoms with Crippen LogP contribution in [0.15, 0.2) is 11.6 Å². The van der Waals surface area contributed by atoms with E-state index < -0.39 is 16.6 Å². The molecule has 0 unspecified atom stereocenters. The molecule has 3 fully saturated rings. The molecule has 3 nitrogen and oxygen atoms in total. The van der Waals surface area contributed by atoms with Gasteiger partial charge in [-0.15, -0.1) is 0 Å². The summed E-state index contributed by atoms with van der Waals surface area (Å²) < 4.78 is 6.37. The van der Waals surface area contributed by atoms with Gasteiger partial charge in [-0.05, 0) is 65.0 Å². The van der Waals surface area contributed by atoms with E-state index in [0.29, 0.717) is 0 Å². The van der Waals surface area contributed by atoms with Crippen LogP contribution in [0.25, 0.3) is 0 Å². The molecular weight excluding hydrogens is 228 g/mol. The van der Waals surface area contributed by atoms with E-state index in [1.54, 1.807) is 13.0 Å². The number of hydrogen-bond donors (Lipinski definition) is 1. The van der Waals surface area contributed by atoms with Crippen LogP contribution < -0.4 is 0 Å². The van der Waals surface area contributed by atoms with Crippen LogP contribution in [0.5, 0.6) is 0 Å². The quantitative estimate of drug-likeness (QED) is 0.718. The average Bonchev–Trinajstić information content (AvgIpc) is 2.27. The van der Waals surface area contributed by atoms with Gasteiger partial charge in [0, 0.05) is 5.41 Å². The Morgan fingerprint density at radius 2 is 1.72 bits per heavy atom. The zero-order chi connectivity index (χ0) is 13.4. The van der Waals surface area contributed by atoms with Gasteiger partial charge in [0.1, 0.15) is 5.60 Å². The van der Waals surface area contributed by atoms with Crippen molar-refractivity contribution in [3.8, 4) is 0 Å². The summed E-state index contributed by atoms with van der Waals surface area (Å²) in [6.07, 6.45) is 5.17. The van der Waals surface area contributed by atoms with Crippen LogP contribution in [-0.4, -0.2) is 27.7 Å². The van der Waals surface area contributed by atoms with Crippen LogP contribution in [0, 0.1) is 5.41 Å². The van der Waals surface area contributed by atoms with Crippen molar-refractivity contribution < 1.29 is 14.6 Å². The van der Waals surface area contributed by atoms with Crippen LogP contribution >= 0.6 is 0 Å². The summed E-state index contributed by atoms with van der Waals surface area (Å²) in [7, 11) is 0. The van der Waals surface area contributed by atoms with Crippen molar-refractivity contribution in [2.45, 2.75) is 70.2 Å². The maximum Gasteiger partial charge on any atom is 0.187 e. The molecule has 2 aliphatic carbocycles. The number of rotatable bonds is 0. The highest BCUT2D eigenvalue weighted by Gasteiger charge is 2.70. The fourth-order valence-electron chi connectivity index (χ4n) is 4.50. The minimum absolute atomic E-state index is 0.0952. The Kier molecular flexibility index (Phi) is 2.11. The third kappa shape index (κ3) is 1.11. The Morgan fingerprint density at radius 1 is 1.17 bits per heavy atom. The lowest BCUT2D eigenvalue weighted by Crippen LogP contribution is -2.73. The Bertz CT molecular complexity index is 452. The molecule has 0 aromatic heterocycles. The van der Waals surface area contributed by atoms with Crippen LogP contribution in [0.4, 0.5) is 0 Å². The van der Waals surface area contributed by atoms with Gasteiger partial charge in [0.15, 0.2) is 5.78 Å². The molecule has 4 rings (SSSR count). The Labute approximate surface area is 108 Å². The molecule has 1 spiro atoms. The fourth-order valence-corrected chi connectivity index (χ4v) is 4.50. The highest BCUT2D eigenvalue weighted by atomic mass is 16.5. The maximum absolute atomic E-state index is 12.2. The first kappa shape index (κ1) is 12.4. The smallest absolute Gasteiger partial charge is 0.187 e. The lowest BCUT2D eigenvalue weighted by molar-refractivity contribution is -0.303. The second kappa shape index (κ2) is 3.07. The summed E-state index contributed by atoms with van der Waals surface area (Å²) in [5.41, 5.74) is -1.39. The van der Waals surface area contributed by atoms with Crippen molar-refractivity contribution in [3.05, 3.63) is 11.6 Å². The molecule has 100 valence electrons. The highest BCUT2D eigenvalue weighted by molar-refractivity contribution is 5.99. The number of ketones is 1. The monoisotopic (exact) mass is 250 g/mol. The molecule has 2 heterocycles. The van der Waals surface area contributed by atoms with Gasteiger partial charge >= 0.3 is 0 Å². The first-order chi connectivity index (χ1) is 8.17. The molecule has 18 heavy (non-hydrogen) atoms. The molecule has 2 bridgehead atoms. The number of carbonyl (C=O) groups is 1. The largest absolute Gasteiger partial charge is 0.381 e. The van der Waals surface area contributed by atoms with Crippen molar-refractivity contribution in [1.82, 2.24) is 0 Å². The third-order valence-corrected chi connectivity index (χ3v) is 6.04. The molecule has 3 heteroatoms. The van der Waals surface area contributed by atoms with Crippen molar-refractivity contribution >= 4 is 5.78 Å². The van der Waals surface area contributed by atoms with Crippen LogP contribution in [0.1, 0.15) is 53.4 Å². The fraction of sp³-hybridized carbons (Fsp3) is 0.800. The normalized spacial score (nSPS) is 55.2. The molecule has 2 atom stereocenters. The predicted octanol–water partition coefficient (Wildman–Crippen LogP) is 2.37. The zero-order valence-electron chi connectivity index (χ0n) is 11.7. The molecule has 2 aliphatic heterocycles. The van der Waals surface area contributed by atoms with Crippen LogP contribution in [0.2, 0.25) is 0 Å². The summed E-state index contributed by atoms with van der Waals surface area (Å²) in [5, 5.41) is 10.8. The Balaban J connectivity index is 2.24. The van der Waals surface area contributed by atoms with Gasteiger partial charge in [-0.3, -0.25) is 4.79 Å². The van der Waals surface area contributed by atoms with Gasteiger partial charge in [0.2, 0.25) is 0 Å². The lowest BCUT2D eigenvalue weighted by atomic mass is 9.47. The first-order valence-electron chi connectivity index (χ1n) is 6.83. The molecule has 0 radical (unpaired) electrons. The predicted molar refractivity (Wildman–Crippen MR) is 68.2 cm³/mol. The molecule has 1 N–H and O–H groups in total. The molecule has 0 amide bonds. The van der Waals surface area contributed by atoms with Crippen LogP contribution in [-0.2, 0) is 9.53 Å². The number of aliphatic hydroxyl groups is 1. The van der Waals surface area contributed by atoms with Crippen molar-refractivity contribution in [2.75, 3.05) is 0 Å². The maximum atomic E-state index is 12.2. The minimum atomic E-state index is -1.30. The Morgan fingerprint density at radius 3 is 2.28 bits per heavy atom. The van der Waals surface area contributed by atoms with E-state index in [2.05, 4.69) is 13.8 Å². The van der Waals surface area contributed by atoms with Crippen LogP contribution in [0.3, 0.4) is 0 Å². The summed E-state index contributed by atoms with van der Waals surface area (Å²) in [6.45, 7) is 7.84. The molecule has 1 saturated carbocycles. The molecular formula is C15H22O3. The summed E-state index contributed by atoms with van der Waals surface area (Å²) in [4.78, 5) is 12.2. The van der Waals surface area contributed by atoms with E-state index in [4.69, 9.17) is 4.74 Å². The topological polar surface area (TPSA) is 46.5 Å². The van der Waals surface area contributed by atoms with E-state index in [1.165, 1.54) is 0 Å². The zero-order valence-corrected chi connectivity index (χ0v) is 11.7. The van der Waals surface area contributed by atoms with E-state index in [0.717, 1.165) is 31.3 Å². The third-order valence-electron chi connectivity index (χ3n) is 6.04. The molecule has 2 saturated heterocycles. The highest BCUT2D eigenvalue weighted by Crippen LogP contribution is 2.65. The standard InChI is InChI=1S/C15H22O3/c1-10-9-11(16)13(3,17)15-7-5-12(2,6-8-15)18-14(10,15)4/h9,17H,5-8H2,1-4H3/t12?,13-,14+,15?/m0/s1. The Hall–Kier alpha value is -0.670. The molecule has 0 aromatic carbocycles. The van der Waals surface area contributed by atoms with Crippen molar-refractivity contribution in [1.29, 1.82) is 0 Å². The summed E-state index contributed by atoms with van der Waals surface area (Å²) >= 11 is 0. The van der Waals surface area contributed by atoms with Gasteiger partial charge < -0.3 is 9.84 Å². The van der Waals surface area contributed by atoms with E-state index in [1.807, 2.05) is 6.92 Å². The van der Waals surface area contributed by atoms with Gasteiger partial charge in [-0.2, -0.15) is 0 Å². The number of ether oxygens (including phenoxy) is 1. The number of fused-ring (bicyclic) bond motifs is 2. The van der Waals surface area contributed by atoms with Gasteiger partial charge in [0.25, 0.3) is 0 Å². The number of hydrogen-bond acceptors (Lipinski definition) is 3. The average molecular weight is 250 g/mol. The lowest BCUT2D eigenvalue weighted by Gasteiger charge is -2.67. The molecule has 0 aromatic rings. The summed E-state index contributed by atoms with van der Waals surface area (Å²) in [6, 6.07) is 0. The van der Waals surface area contributed by atoms with Crippen molar-refractivity contribution in [2.24, 2.45) is 5.41 Å². The second-order valence-corrected chi connectivity index (χ2v) is 6.93. The first-order valence-corrected chi connectivity index (χ1v) is 6.83. The van der Waals surface area contributed by atoms with Crippen molar-refractivity contribution in [3.63, 3.8) is 0 Å². The van der Waals surface area contributed by atoms with E-state index in [-0.39, 0.29) is 11.4 Å². The van der Waals surface area contributed by atoms with E-state index >= 15 is 0 Å². The number of carbonyl (C=O) groups excluding carboxylic acids is 1. The molecule has 4 aliphatic rings. The van der Waals surface area contributed by atoms with E-state index in [9.17, 15) is 9.90 Å². The van der Waals surface area contributed by atoms with Gasteiger partial charge in [-0.25, -0.2) is 0 Å².